The molecule has 2 aromatic rings. The molecule has 2 aliphatic rings. The van der Waals surface area contributed by atoms with Gasteiger partial charge in [0.15, 0.2) is 5.82 Å². The fourth-order valence-corrected chi connectivity index (χ4v) is 3.76. The summed E-state index contributed by atoms with van der Waals surface area (Å²) >= 11 is 0. The number of nitrogens with zero attached hydrogens (tertiary/aromatic N) is 3. The fraction of sp³-hybridized carbons (Fsp3) is 0.500. The van der Waals surface area contributed by atoms with Crippen LogP contribution >= 0.6 is 0 Å². The van der Waals surface area contributed by atoms with Gasteiger partial charge in [-0.05, 0) is 29.9 Å². The fourth-order valence-electron chi connectivity index (χ4n) is 3.76. The van der Waals surface area contributed by atoms with E-state index in [1.165, 1.54) is 11.1 Å². The first-order chi connectivity index (χ1) is 12.2. The second-order valence-electron chi connectivity index (χ2n) is 7.34. The van der Waals surface area contributed by atoms with Gasteiger partial charge in [-0.3, -0.25) is 4.98 Å². The van der Waals surface area contributed by atoms with Gasteiger partial charge >= 0.3 is 0 Å². The zero-order chi connectivity index (χ0) is 17.3. The van der Waals surface area contributed by atoms with E-state index in [1.807, 2.05) is 6.20 Å². The van der Waals surface area contributed by atoms with Gasteiger partial charge in [-0.25, -0.2) is 0 Å². The summed E-state index contributed by atoms with van der Waals surface area (Å²) in [6.45, 7) is 7.24. The van der Waals surface area contributed by atoms with Crippen molar-refractivity contribution in [2.75, 3.05) is 31.2 Å². The Morgan fingerprint density at radius 1 is 1.28 bits per heavy atom. The van der Waals surface area contributed by atoms with E-state index < -0.39 is 0 Å². The standard InChI is InChI=1S/C20H25N3O2/c1-15(2)13-24-19-12-21-11-18(22-19)23-9-10-25-20(14-23)8-7-16-5-3-4-6-17(16)20/h3-6,11-12,15H,7-10,13-14H2,1-2H3. The first-order valence-corrected chi connectivity index (χ1v) is 9.08. The second kappa shape index (κ2) is 6.64. The van der Waals surface area contributed by atoms with Crippen LogP contribution in [0, 0.1) is 5.92 Å². The van der Waals surface area contributed by atoms with Crippen molar-refractivity contribution in [2.45, 2.75) is 32.3 Å². The van der Waals surface area contributed by atoms with Gasteiger partial charge in [-0.2, -0.15) is 4.98 Å². The molecule has 25 heavy (non-hydrogen) atoms. The number of fused-ring (bicyclic) bond motifs is 2. The average Bonchev–Trinajstić information content (AvgIpc) is 2.99. The summed E-state index contributed by atoms with van der Waals surface area (Å²) in [6, 6.07) is 8.64. The molecule has 0 saturated carbocycles. The Morgan fingerprint density at radius 2 is 2.16 bits per heavy atom. The van der Waals surface area contributed by atoms with E-state index in [-0.39, 0.29) is 5.60 Å². The number of morpholine rings is 1. The molecule has 1 unspecified atom stereocenters. The highest BCUT2D eigenvalue weighted by atomic mass is 16.5. The van der Waals surface area contributed by atoms with Crippen LogP contribution in [-0.2, 0) is 16.8 Å². The van der Waals surface area contributed by atoms with E-state index in [1.54, 1.807) is 6.20 Å². The topological polar surface area (TPSA) is 47.5 Å². The number of ether oxygens (including phenoxy) is 2. The summed E-state index contributed by atoms with van der Waals surface area (Å²) < 4.78 is 12.0. The van der Waals surface area contributed by atoms with Crippen LogP contribution in [0.5, 0.6) is 5.88 Å². The van der Waals surface area contributed by atoms with Crippen molar-refractivity contribution >= 4 is 5.82 Å². The van der Waals surface area contributed by atoms with Crippen LogP contribution in [0.1, 0.15) is 31.4 Å². The van der Waals surface area contributed by atoms with Crippen LogP contribution in [0.25, 0.3) is 0 Å². The van der Waals surface area contributed by atoms with Crippen molar-refractivity contribution in [3.8, 4) is 5.88 Å². The Labute approximate surface area is 149 Å². The Hall–Kier alpha value is -2.14. The summed E-state index contributed by atoms with van der Waals surface area (Å²) in [5.74, 6) is 1.93. The largest absolute Gasteiger partial charge is 0.476 e. The number of hydrogen-bond donors (Lipinski definition) is 0. The molecule has 0 radical (unpaired) electrons. The summed E-state index contributed by atoms with van der Waals surface area (Å²) in [5.41, 5.74) is 2.52. The highest BCUT2D eigenvalue weighted by molar-refractivity contribution is 5.44. The molecule has 4 rings (SSSR count). The van der Waals surface area contributed by atoms with E-state index in [0.717, 1.165) is 31.7 Å². The monoisotopic (exact) mass is 339 g/mol. The molecule has 1 aliphatic carbocycles. The molecule has 2 heterocycles. The quantitative estimate of drug-likeness (QED) is 0.856. The lowest BCUT2D eigenvalue weighted by molar-refractivity contribution is -0.0594. The van der Waals surface area contributed by atoms with Crippen molar-refractivity contribution < 1.29 is 9.47 Å². The van der Waals surface area contributed by atoms with Crippen LogP contribution < -0.4 is 9.64 Å². The minimum atomic E-state index is -0.217. The average molecular weight is 339 g/mol. The molecule has 132 valence electrons. The molecule has 1 saturated heterocycles. The first-order valence-electron chi connectivity index (χ1n) is 9.08. The van der Waals surface area contributed by atoms with Crippen LogP contribution in [0.2, 0.25) is 0 Å². The highest BCUT2D eigenvalue weighted by Crippen LogP contribution is 2.42. The Morgan fingerprint density at radius 3 is 3.04 bits per heavy atom. The van der Waals surface area contributed by atoms with Crippen molar-refractivity contribution in [1.82, 2.24) is 9.97 Å². The molecular weight excluding hydrogens is 314 g/mol. The number of rotatable bonds is 4. The lowest BCUT2D eigenvalue weighted by Gasteiger charge is -2.41. The highest BCUT2D eigenvalue weighted by Gasteiger charge is 2.43. The maximum Gasteiger partial charge on any atom is 0.234 e. The van der Waals surface area contributed by atoms with Gasteiger partial charge in [0.05, 0.1) is 32.2 Å². The molecule has 1 aromatic heterocycles. The smallest absolute Gasteiger partial charge is 0.234 e. The van der Waals surface area contributed by atoms with Gasteiger partial charge in [0.1, 0.15) is 5.60 Å². The minimum Gasteiger partial charge on any atom is -0.476 e. The SMILES string of the molecule is CC(C)COc1cncc(N2CCOC3(CCc4ccccc43)C2)n1. The minimum absolute atomic E-state index is 0.217. The molecule has 1 fully saturated rings. The van der Waals surface area contributed by atoms with Gasteiger partial charge in [-0.15, -0.1) is 0 Å². The third kappa shape index (κ3) is 3.21. The second-order valence-corrected chi connectivity index (χ2v) is 7.34. The molecular formula is C20H25N3O2. The first kappa shape index (κ1) is 16.3. The van der Waals surface area contributed by atoms with E-state index in [2.05, 4.69) is 53.0 Å². The number of aryl methyl sites for hydroxylation is 1. The van der Waals surface area contributed by atoms with Crippen LogP contribution in [0.3, 0.4) is 0 Å². The number of hydrogen-bond acceptors (Lipinski definition) is 5. The summed E-state index contributed by atoms with van der Waals surface area (Å²) in [7, 11) is 0. The lowest BCUT2D eigenvalue weighted by atomic mass is 9.93. The number of anilines is 1. The third-order valence-corrected chi connectivity index (χ3v) is 4.98. The lowest BCUT2D eigenvalue weighted by Crippen LogP contribution is -2.49. The van der Waals surface area contributed by atoms with Crippen molar-refractivity contribution in [3.05, 3.63) is 47.8 Å². The zero-order valence-corrected chi connectivity index (χ0v) is 14.9. The van der Waals surface area contributed by atoms with Crippen molar-refractivity contribution in [1.29, 1.82) is 0 Å². The predicted octanol–water partition coefficient (Wildman–Crippen LogP) is 3.19. The van der Waals surface area contributed by atoms with Crippen LogP contribution in [0.15, 0.2) is 36.7 Å². The molecule has 0 N–H and O–H groups in total. The Bertz CT molecular complexity index is 745. The van der Waals surface area contributed by atoms with Crippen molar-refractivity contribution in [3.63, 3.8) is 0 Å². The summed E-state index contributed by atoms with van der Waals surface area (Å²) in [5, 5.41) is 0. The summed E-state index contributed by atoms with van der Waals surface area (Å²) in [4.78, 5) is 11.3. The Kier molecular flexibility index (Phi) is 4.34. The zero-order valence-electron chi connectivity index (χ0n) is 14.9. The van der Waals surface area contributed by atoms with Gasteiger partial charge in [0, 0.05) is 6.54 Å². The number of benzene rings is 1. The molecule has 1 atom stereocenters. The molecule has 5 nitrogen and oxygen atoms in total. The molecule has 5 heteroatoms. The van der Waals surface area contributed by atoms with Gasteiger partial charge in [0.25, 0.3) is 0 Å². The van der Waals surface area contributed by atoms with Gasteiger partial charge in [-0.1, -0.05) is 38.1 Å². The van der Waals surface area contributed by atoms with E-state index in [9.17, 15) is 0 Å². The molecule has 1 aromatic carbocycles. The molecule has 0 bridgehead atoms. The van der Waals surface area contributed by atoms with Crippen LogP contribution in [-0.4, -0.2) is 36.3 Å². The normalized spacial score (nSPS) is 22.4. The van der Waals surface area contributed by atoms with Gasteiger partial charge in [0.2, 0.25) is 5.88 Å². The predicted molar refractivity (Wildman–Crippen MR) is 97.0 cm³/mol. The van der Waals surface area contributed by atoms with E-state index >= 15 is 0 Å². The van der Waals surface area contributed by atoms with E-state index in [0.29, 0.717) is 25.0 Å². The number of aromatic nitrogens is 2. The maximum atomic E-state index is 6.29. The van der Waals surface area contributed by atoms with Crippen molar-refractivity contribution in [2.24, 2.45) is 5.92 Å². The molecule has 0 amide bonds. The Balaban J connectivity index is 1.55. The van der Waals surface area contributed by atoms with E-state index in [4.69, 9.17) is 9.47 Å². The molecule has 1 spiro atoms. The third-order valence-electron chi connectivity index (χ3n) is 4.98. The van der Waals surface area contributed by atoms with Gasteiger partial charge < -0.3 is 14.4 Å². The molecule has 1 aliphatic heterocycles. The summed E-state index contributed by atoms with van der Waals surface area (Å²) in [6.07, 6.45) is 5.61. The van der Waals surface area contributed by atoms with Crippen LogP contribution in [0.4, 0.5) is 5.82 Å². The maximum absolute atomic E-state index is 6.29.